The molecule has 0 aliphatic carbocycles. The van der Waals surface area contributed by atoms with E-state index in [1.54, 1.807) is 12.1 Å². The van der Waals surface area contributed by atoms with E-state index in [4.69, 9.17) is 0 Å². The van der Waals surface area contributed by atoms with Gasteiger partial charge >= 0.3 is 0 Å². The quantitative estimate of drug-likeness (QED) is 0.617. The van der Waals surface area contributed by atoms with Crippen molar-refractivity contribution < 1.29 is 13.5 Å². The number of halogens is 2. The number of rotatable bonds is 4. The standard InChI is InChI=1S/C13H9BrFNO3S/c14-13-7-11(16(17)18)5-4-9(13)8-20(19)12-3-1-2-10(15)6-12/h1-7H,8H2. The van der Waals surface area contributed by atoms with Gasteiger partial charge in [-0.25, -0.2) is 4.39 Å². The Morgan fingerprint density at radius 3 is 2.60 bits per heavy atom. The third kappa shape index (κ3) is 3.49. The van der Waals surface area contributed by atoms with E-state index < -0.39 is 21.5 Å². The van der Waals surface area contributed by atoms with E-state index in [9.17, 15) is 18.7 Å². The molecule has 4 nitrogen and oxygen atoms in total. The molecule has 0 radical (unpaired) electrons. The lowest BCUT2D eigenvalue weighted by Crippen LogP contribution is -1.98. The number of hydrogen-bond acceptors (Lipinski definition) is 3. The Bertz CT molecular complexity index is 693. The van der Waals surface area contributed by atoms with E-state index in [-0.39, 0.29) is 11.4 Å². The van der Waals surface area contributed by atoms with Gasteiger partial charge in [0.25, 0.3) is 5.69 Å². The van der Waals surface area contributed by atoms with Crippen molar-refractivity contribution in [2.75, 3.05) is 0 Å². The highest BCUT2D eigenvalue weighted by Gasteiger charge is 2.12. The number of nitro groups is 1. The molecule has 0 aliphatic heterocycles. The predicted octanol–water partition coefficient (Wildman–Crippen LogP) is 3.80. The fraction of sp³-hybridized carbons (Fsp3) is 0.0769. The molecule has 2 aromatic rings. The van der Waals surface area contributed by atoms with Crippen molar-refractivity contribution in [1.29, 1.82) is 0 Å². The van der Waals surface area contributed by atoms with Crippen molar-refractivity contribution in [2.45, 2.75) is 10.6 Å². The second-order valence-electron chi connectivity index (χ2n) is 3.98. The summed E-state index contributed by atoms with van der Waals surface area (Å²) in [6.07, 6.45) is 0. The van der Waals surface area contributed by atoms with Gasteiger partial charge in [0.1, 0.15) is 5.82 Å². The lowest BCUT2D eigenvalue weighted by molar-refractivity contribution is -0.384. The maximum Gasteiger partial charge on any atom is 0.270 e. The minimum Gasteiger partial charge on any atom is -0.258 e. The van der Waals surface area contributed by atoms with Gasteiger partial charge in [0, 0.05) is 21.5 Å². The summed E-state index contributed by atoms with van der Waals surface area (Å²) in [5.74, 6) is -0.291. The molecule has 0 saturated carbocycles. The van der Waals surface area contributed by atoms with Crippen LogP contribution >= 0.6 is 15.9 Å². The van der Waals surface area contributed by atoms with Crippen molar-refractivity contribution in [3.63, 3.8) is 0 Å². The zero-order valence-corrected chi connectivity index (χ0v) is 12.5. The van der Waals surface area contributed by atoms with Crippen molar-refractivity contribution in [2.24, 2.45) is 0 Å². The average Bonchev–Trinajstić information content (AvgIpc) is 2.40. The summed E-state index contributed by atoms with van der Waals surface area (Å²) in [5.41, 5.74) is 0.621. The third-order valence-electron chi connectivity index (χ3n) is 2.59. The molecule has 0 bridgehead atoms. The van der Waals surface area contributed by atoms with E-state index in [2.05, 4.69) is 15.9 Å². The molecule has 104 valence electrons. The van der Waals surface area contributed by atoms with Crippen molar-refractivity contribution in [1.82, 2.24) is 0 Å². The molecule has 2 aromatic carbocycles. The first-order valence-corrected chi connectivity index (χ1v) is 7.65. The summed E-state index contributed by atoms with van der Waals surface area (Å²) in [6, 6.07) is 9.82. The predicted molar refractivity (Wildman–Crippen MR) is 77.3 cm³/mol. The van der Waals surface area contributed by atoms with Gasteiger partial charge in [0.2, 0.25) is 0 Å². The van der Waals surface area contributed by atoms with E-state index in [0.717, 1.165) is 0 Å². The van der Waals surface area contributed by atoms with Crippen LogP contribution in [0.3, 0.4) is 0 Å². The Kier molecular flexibility index (Phi) is 4.61. The summed E-state index contributed by atoms with van der Waals surface area (Å²) in [4.78, 5) is 10.5. The van der Waals surface area contributed by atoms with Crippen LogP contribution in [0.4, 0.5) is 10.1 Å². The first-order valence-electron chi connectivity index (χ1n) is 5.54. The summed E-state index contributed by atoms with van der Waals surface area (Å²) in [5, 5.41) is 10.6. The SMILES string of the molecule is O=[N+]([O-])c1ccc(CS(=O)c2cccc(F)c2)c(Br)c1. The number of nitrogens with zero attached hydrogens (tertiary/aromatic N) is 1. The first-order chi connectivity index (χ1) is 9.47. The molecule has 0 aromatic heterocycles. The smallest absolute Gasteiger partial charge is 0.258 e. The molecule has 0 aliphatic rings. The fourth-order valence-electron chi connectivity index (χ4n) is 1.60. The lowest BCUT2D eigenvalue weighted by Gasteiger charge is -2.05. The van der Waals surface area contributed by atoms with E-state index >= 15 is 0 Å². The summed E-state index contributed by atoms with van der Waals surface area (Å²) >= 11 is 3.22. The molecule has 7 heteroatoms. The molecule has 1 unspecified atom stereocenters. The van der Waals surface area contributed by atoms with Crippen molar-refractivity contribution in [3.8, 4) is 0 Å². The molecule has 1 atom stereocenters. The summed E-state index contributed by atoms with van der Waals surface area (Å²) in [7, 11) is -1.41. The maximum absolute atomic E-state index is 13.1. The molecule has 0 N–H and O–H groups in total. The third-order valence-corrected chi connectivity index (χ3v) is 4.68. The molecule has 0 saturated heterocycles. The summed E-state index contributed by atoms with van der Waals surface area (Å²) < 4.78 is 25.7. The first kappa shape index (κ1) is 14.8. The second kappa shape index (κ2) is 6.23. The van der Waals surface area contributed by atoms with Crippen molar-refractivity contribution in [3.05, 3.63) is 68.4 Å². The zero-order chi connectivity index (χ0) is 14.7. The number of benzene rings is 2. The Labute approximate surface area is 125 Å². The molecular weight excluding hydrogens is 349 g/mol. The van der Waals surface area contributed by atoms with Gasteiger partial charge in [0.05, 0.1) is 21.5 Å². The molecule has 20 heavy (non-hydrogen) atoms. The normalized spacial score (nSPS) is 12.1. The van der Waals surface area contributed by atoms with E-state index in [1.165, 1.54) is 30.3 Å². The highest BCUT2D eigenvalue weighted by atomic mass is 79.9. The van der Waals surface area contributed by atoms with Crippen LogP contribution in [0, 0.1) is 15.9 Å². The Morgan fingerprint density at radius 1 is 1.25 bits per heavy atom. The fourth-order valence-corrected chi connectivity index (χ4v) is 3.47. The maximum atomic E-state index is 13.1. The van der Waals surface area contributed by atoms with Crippen LogP contribution in [0.25, 0.3) is 0 Å². The minimum atomic E-state index is -1.41. The number of non-ortho nitro benzene ring substituents is 1. The molecule has 0 spiro atoms. The van der Waals surface area contributed by atoms with Crippen LogP contribution < -0.4 is 0 Å². The lowest BCUT2D eigenvalue weighted by atomic mass is 10.2. The molecule has 0 fully saturated rings. The monoisotopic (exact) mass is 357 g/mol. The molecule has 0 heterocycles. The number of nitro benzene ring substituents is 1. The molecule has 0 amide bonds. The summed E-state index contributed by atoms with van der Waals surface area (Å²) in [6.45, 7) is 0. The van der Waals surface area contributed by atoms with Gasteiger partial charge in [-0.2, -0.15) is 0 Å². The van der Waals surface area contributed by atoms with Crippen LogP contribution in [0.15, 0.2) is 51.8 Å². The Morgan fingerprint density at radius 2 is 2.00 bits per heavy atom. The molecule has 2 rings (SSSR count). The van der Waals surface area contributed by atoms with Crippen LogP contribution in [-0.2, 0) is 16.6 Å². The number of hydrogen-bond donors (Lipinski definition) is 0. The Balaban J connectivity index is 2.22. The highest BCUT2D eigenvalue weighted by molar-refractivity contribution is 9.10. The van der Waals surface area contributed by atoms with Gasteiger partial charge in [-0.15, -0.1) is 0 Å². The van der Waals surface area contributed by atoms with Crippen LogP contribution in [-0.4, -0.2) is 9.13 Å². The Hall–Kier alpha value is -1.60. The van der Waals surface area contributed by atoms with Crippen LogP contribution in [0.5, 0.6) is 0 Å². The second-order valence-corrected chi connectivity index (χ2v) is 6.29. The largest absolute Gasteiger partial charge is 0.270 e. The topological polar surface area (TPSA) is 60.2 Å². The van der Waals surface area contributed by atoms with E-state index in [0.29, 0.717) is 14.9 Å². The average molecular weight is 358 g/mol. The zero-order valence-electron chi connectivity index (χ0n) is 10.1. The molecular formula is C13H9BrFNO3S. The van der Waals surface area contributed by atoms with Crippen LogP contribution in [0.1, 0.15) is 5.56 Å². The highest BCUT2D eigenvalue weighted by Crippen LogP contribution is 2.25. The van der Waals surface area contributed by atoms with Crippen LogP contribution in [0.2, 0.25) is 0 Å². The van der Waals surface area contributed by atoms with Gasteiger partial charge in [-0.05, 0) is 23.8 Å². The van der Waals surface area contributed by atoms with Gasteiger partial charge in [-0.1, -0.05) is 28.1 Å². The van der Waals surface area contributed by atoms with Gasteiger partial charge in [-0.3, -0.25) is 14.3 Å². The van der Waals surface area contributed by atoms with Gasteiger partial charge < -0.3 is 0 Å². The van der Waals surface area contributed by atoms with Crippen molar-refractivity contribution >= 4 is 32.4 Å². The minimum absolute atomic E-state index is 0.0443. The van der Waals surface area contributed by atoms with Gasteiger partial charge in [0.15, 0.2) is 0 Å². The van der Waals surface area contributed by atoms with E-state index in [1.807, 2.05) is 0 Å².